The number of hydrogen-bond acceptors (Lipinski definition) is 2. The number of nitrogens with one attached hydrogen (secondary N) is 1. The quantitative estimate of drug-likeness (QED) is 0.781. The molecule has 0 bridgehead atoms. The number of rotatable bonds is 3. The number of hydrogen-bond donors (Lipinski definition) is 1. The van der Waals surface area contributed by atoms with E-state index in [-0.39, 0.29) is 6.04 Å². The number of nitrogens with zero attached hydrogens (tertiary/aromatic N) is 1. The Bertz CT molecular complexity index is 250. The third-order valence-electron chi connectivity index (χ3n) is 1.71. The molecule has 0 radical (unpaired) electrons. The van der Waals surface area contributed by atoms with Crippen molar-refractivity contribution in [1.82, 2.24) is 10.3 Å². The second-order valence-corrected chi connectivity index (χ2v) is 3.06. The van der Waals surface area contributed by atoms with Crippen LogP contribution in [0.15, 0.2) is 18.3 Å². The Morgan fingerprint density at radius 3 is 3.00 bits per heavy atom. The van der Waals surface area contributed by atoms with Crippen molar-refractivity contribution in [3.8, 4) is 0 Å². The number of halogens is 1. The molecule has 1 N–H and O–H groups in total. The predicted octanol–water partition coefficient (Wildman–Crippen LogP) is 2.41. The average molecular weight is 185 g/mol. The summed E-state index contributed by atoms with van der Waals surface area (Å²) in [7, 11) is 0. The van der Waals surface area contributed by atoms with Gasteiger partial charge in [-0.2, -0.15) is 0 Å². The van der Waals surface area contributed by atoms with Gasteiger partial charge in [-0.15, -0.1) is 0 Å². The average Bonchev–Trinajstić information content (AvgIpc) is 2.05. The van der Waals surface area contributed by atoms with Crippen molar-refractivity contribution in [2.45, 2.75) is 19.9 Å². The van der Waals surface area contributed by atoms with Gasteiger partial charge in [0, 0.05) is 12.2 Å². The summed E-state index contributed by atoms with van der Waals surface area (Å²) in [4.78, 5) is 4.20. The first-order valence-electron chi connectivity index (χ1n) is 4.09. The number of aromatic nitrogens is 1. The van der Waals surface area contributed by atoms with Gasteiger partial charge in [-0.3, -0.25) is 4.98 Å². The summed E-state index contributed by atoms with van der Waals surface area (Å²) < 4.78 is 0. The fraction of sp³-hybridized carbons (Fsp3) is 0.444. The van der Waals surface area contributed by atoms with Crippen molar-refractivity contribution in [2.24, 2.45) is 0 Å². The Labute approximate surface area is 78.0 Å². The molecule has 0 fully saturated rings. The molecule has 66 valence electrons. The maximum atomic E-state index is 5.95. The van der Waals surface area contributed by atoms with Crippen LogP contribution in [0.4, 0.5) is 0 Å². The van der Waals surface area contributed by atoms with Crippen LogP contribution in [0.1, 0.15) is 25.6 Å². The van der Waals surface area contributed by atoms with Crippen LogP contribution in [0, 0.1) is 0 Å². The van der Waals surface area contributed by atoms with Gasteiger partial charge in [-0.1, -0.05) is 18.5 Å². The van der Waals surface area contributed by atoms with Crippen molar-refractivity contribution in [2.75, 3.05) is 6.54 Å². The second-order valence-electron chi connectivity index (χ2n) is 2.65. The molecule has 1 unspecified atom stereocenters. The molecule has 12 heavy (non-hydrogen) atoms. The van der Waals surface area contributed by atoms with Gasteiger partial charge in [0.05, 0.1) is 10.7 Å². The number of pyridine rings is 1. The Morgan fingerprint density at radius 1 is 1.67 bits per heavy atom. The molecule has 0 spiro atoms. The van der Waals surface area contributed by atoms with E-state index < -0.39 is 0 Å². The molecule has 0 aliphatic rings. The molecule has 0 aliphatic carbocycles. The van der Waals surface area contributed by atoms with E-state index in [1.165, 1.54) is 0 Å². The zero-order valence-corrected chi connectivity index (χ0v) is 8.10. The first-order valence-corrected chi connectivity index (χ1v) is 4.47. The topological polar surface area (TPSA) is 24.9 Å². The van der Waals surface area contributed by atoms with Crippen LogP contribution in [0.3, 0.4) is 0 Å². The second kappa shape index (κ2) is 4.43. The lowest BCUT2D eigenvalue weighted by molar-refractivity contribution is 0.583. The zero-order chi connectivity index (χ0) is 8.97. The SMILES string of the molecule is CCNC(C)c1ncccc1Cl. The monoisotopic (exact) mass is 184 g/mol. The minimum Gasteiger partial charge on any atom is -0.309 e. The summed E-state index contributed by atoms with van der Waals surface area (Å²) in [6, 6.07) is 3.92. The van der Waals surface area contributed by atoms with Crippen LogP contribution in [-0.4, -0.2) is 11.5 Å². The molecule has 0 amide bonds. The van der Waals surface area contributed by atoms with Gasteiger partial charge in [0.15, 0.2) is 0 Å². The summed E-state index contributed by atoms with van der Waals surface area (Å²) >= 11 is 5.95. The van der Waals surface area contributed by atoms with Crippen LogP contribution >= 0.6 is 11.6 Å². The van der Waals surface area contributed by atoms with E-state index in [0.29, 0.717) is 0 Å². The van der Waals surface area contributed by atoms with Gasteiger partial charge in [-0.25, -0.2) is 0 Å². The molecule has 0 aromatic carbocycles. The van der Waals surface area contributed by atoms with Crippen molar-refractivity contribution >= 4 is 11.6 Å². The van der Waals surface area contributed by atoms with E-state index in [1.54, 1.807) is 6.20 Å². The minimum absolute atomic E-state index is 0.226. The summed E-state index contributed by atoms with van der Waals surface area (Å²) in [6.45, 7) is 5.04. The van der Waals surface area contributed by atoms with Crippen LogP contribution in [0.5, 0.6) is 0 Å². The molecule has 0 aliphatic heterocycles. The van der Waals surface area contributed by atoms with Crippen LogP contribution in [0.2, 0.25) is 5.02 Å². The van der Waals surface area contributed by atoms with E-state index in [1.807, 2.05) is 12.1 Å². The van der Waals surface area contributed by atoms with E-state index in [9.17, 15) is 0 Å². The fourth-order valence-electron chi connectivity index (χ4n) is 1.12. The van der Waals surface area contributed by atoms with Gasteiger partial charge in [-0.05, 0) is 25.6 Å². The van der Waals surface area contributed by atoms with Crippen molar-refractivity contribution in [3.63, 3.8) is 0 Å². The molecular formula is C9H13ClN2. The lowest BCUT2D eigenvalue weighted by atomic mass is 10.2. The molecule has 1 aromatic heterocycles. The highest BCUT2D eigenvalue weighted by molar-refractivity contribution is 6.31. The first-order chi connectivity index (χ1) is 5.75. The zero-order valence-electron chi connectivity index (χ0n) is 7.34. The highest BCUT2D eigenvalue weighted by Crippen LogP contribution is 2.18. The summed E-state index contributed by atoms with van der Waals surface area (Å²) in [6.07, 6.45) is 1.76. The molecule has 2 nitrogen and oxygen atoms in total. The summed E-state index contributed by atoms with van der Waals surface area (Å²) in [5.74, 6) is 0. The van der Waals surface area contributed by atoms with E-state index >= 15 is 0 Å². The Morgan fingerprint density at radius 2 is 2.42 bits per heavy atom. The molecule has 1 heterocycles. The Balaban J connectivity index is 2.79. The van der Waals surface area contributed by atoms with Gasteiger partial charge in [0.2, 0.25) is 0 Å². The third-order valence-corrected chi connectivity index (χ3v) is 2.03. The van der Waals surface area contributed by atoms with Gasteiger partial charge < -0.3 is 5.32 Å². The highest BCUT2D eigenvalue weighted by atomic mass is 35.5. The normalized spacial score (nSPS) is 12.9. The Hall–Kier alpha value is -0.600. The lowest BCUT2D eigenvalue weighted by Gasteiger charge is -2.12. The molecule has 1 atom stereocenters. The lowest BCUT2D eigenvalue weighted by Crippen LogP contribution is -2.18. The predicted molar refractivity (Wildman–Crippen MR) is 51.3 cm³/mol. The van der Waals surface area contributed by atoms with Gasteiger partial charge in [0.25, 0.3) is 0 Å². The van der Waals surface area contributed by atoms with Crippen molar-refractivity contribution < 1.29 is 0 Å². The molecule has 3 heteroatoms. The molecule has 0 saturated carbocycles. The van der Waals surface area contributed by atoms with E-state index in [2.05, 4.69) is 24.1 Å². The summed E-state index contributed by atoms with van der Waals surface area (Å²) in [5.41, 5.74) is 0.918. The third kappa shape index (κ3) is 2.19. The molecule has 0 saturated heterocycles. The molecule has 1 aromatic rings. The van der Waals surface area contributed by atoms with Crippen molar-refractivity contribution in [1.29, 1.82) is 0 Å². The van der Waals surface area contributed by atoms with Gasteiger partial charge in [0.1, 0.15) is 0 Å². The fourth-order valence-corrected chi connectivity index (χ4v) is 1.40. The molecule has 1 rings (SSSR count). The minimum atomic E-state index is 0.226. The van der Waals surface area contributed by atoms with Gasteiger partial charge >= 0.3 is 0 Å². The van der Waals surface area contributed by atoms with Crippen LogP contribution < -0.4 is 5.32 Å². The molecular weight excluding hydrogens is 172 g/mol. The highest BCUT2D eigenvalue weighted by Gasteiger charge is 2.07. The standard InChI is InChI=1S/C9H13ClN2/c1-3-11-7(2)9-8(10)5-4-6-12-9/h4-7,11H,3H2,1-2H3. The van der Waals surface area contributed by atoms with Crippen molar-refractivity contribution in [3.05, 3.63) is 29.0 Å². The smallest absolute Gasteiger partial charge is 0.0756 e. The largest absolute Gasteiger partial charge is 0.309 e. The maximum absolute atomic E-state index is 5.95. The first kappa shape index (κ1) is 9.49. The maximum Gasteiger partial charge on any atom is 0.0756 e. The Kier molecular flexibility index (Phi) is 3.50. The summed E-state index contributed by atoms with van der Waals surface area (Å²) in [5, 5.41) is 3.98. The van der Waals surface area contributed by atoms with E-state index in [0.717, 1.165) is 17.3 Å². The van der Waals surface area contributed by atoms with E-state index in [4.69, 9.17) is 11.6 Å². The van der Waals surface area contributed by atoms with Crippen LogP contribution in [-0.2, 0) is 0 Å². The van der Waals surface area contributed by atoms with Crippen LogP contribution in [0.25, 0.3) is 0 Å².